The topological polar surface area (TPSA) is 26.3 Å². The van der Waals surface area contributed by atoms with Gasteiger partial charge in [-0.1, -0.05) is 60.1 Å². The zero-order valence-corrected chi connectivity index (χ0v) is 16.7. The summed E-state index contributed by atoms with van der Waals surface area (Å²) in [5.41, 5.74) is 3.46. The lowest BCUT2D eigenvalue weighted by molar-refractivity contribution is 0.0934. The van der Waals surface area contributed by atoms with Crippen molar-refractivity contribution >= 4 is 23.0 Å². The second kappa shape index (κ2) is 8.22. The normalized spacial score (nSPS) is 18.4. The number of ketones is 1. The predicted octanol–water partition coefficient (Wildman–Crippen LogP) is 6.56. The summed E-state index contributed by atoms with van der Waals surface area (Å²) < 4.78 is 19.3. The molecule has 0 saturated carbocycles. The van der Waals surface area contributed by atoms with Crippen LogP contribution in [0.1, 0.15) is 33.8 Å². The Morgan fingerprint density at radius 2 is 1.79 bits per heavy atom. The summed E-state index contributed by atoms with van der Waals surface area (Å²) >= 11 is 6.03. The molecule has 4 rings (SSSR count). The molecular weight excluding hydrogens is 387 g/mol. The van der Waals surface area contributed by atoms with E-state index >= 15 is 0 Å². The van der Waals surface area contributed by atoms with Crippen molar-refractivity contribution in [2.24, 2.45) is 5.92 Å². The summed E-state index contributed by atoms with van der Waals surface area (Å²) in [5.74, 6) is -0.249. The van der Waals surface area contributed by atoms with E-state index in [1.165, 1.54) is 12.1 Å². The molecule has 1 aliphatic rings. The van der Waals surface area contributed by atoms with Gasteiger partial charge in [0.15, 0.2) is 5.78 Å². The van der Waals surface area contributed by atoms with Gasteiger partial charge in [-0.15, -0.1) is 0 Å². The molecule has 2 unspecified atom stereocenters. The zero-order chi connectivity index (χ0) is 20.4. The van der Waals surface area contributed by atoms with Crippen LogP contribution in [0.5, 0.6) is 5.75 Å². The largest absolute Gasteiger partial charge is 0.496 e. The van der Waals surface area contributed by atoms with Crippen LogP contribution in [0.25, 0.3) is 5.57 Å². The first kappa shape index (κ1) is 19.4. The highest BCUT2D eigenvalue weighted by molar-refractivity contribution is 6.30. The van der Waals surface area contributed by atoms with Crippen molar-refractivity contribution in [3.05, 3.63) is 106 Å². The van der Waals surface area contributed by atoms with Gasteiger partial charge in [-0.25, -0.2) is 4.39 Å². The van der Waals surface area contributed by atoms with Gasteiger partial charge in [0, 0.05) is 22.4 Å². The number of carbonyl (C=O) groups excluding carboxylic acids is 1. The number of halogens is 2. The molecule has 1 aliphatic carbocycles. The number of hydrogen-bond acceptors (Lipinski definition) is 2. The van der Waals surface area contributed by atoms with Gasteiger partial charge < -0.3 is 4.74 Å². The van der Waals surface area contributed by atoms with Gasteiger partial charge in [0.1, 0.15) is 11.6 Å². The number of ether oxygens (including phenoxy) is 1. The molecule has 2 nitrogen and oxygen atoms in total. The molecule has 0 amide bonds. The maximum Gasteiger partial charge on any atom is 0.170 e. The van der Waals surface area contributed by atoms with E-state index in [-0.39, 0.29) is 11.7 Å². The molecule has 29 heavy (non-hydrogen) atoms. The van der Waals surface area contributed by atoms with Crippen molar-refractivity contribution in [1.82, 2.24) is 0 Å². The molecule has 0 N–H and O–H groups in total. The van der Waals surface area contributed by atoms with E-state index in [2.05, 4.69) is 0 Å². The molecule has 4 heteroatoms. The summed E-state index contributed by atoms with van der Waals surface area (Å²) in [5, 5.41) is 0.668. The molecule has 0 bridgehead atoms. The molecule has 0 radical (unpaired) electrons. The molecule has 0 saturated heterocycles. The Bertz CT molecular complexity index is 1070. The third-order valence-corrected chi connectivity index (χ3v) is 5.67. The Hall–Kier alpha value is -2.91. The number of allylic oxidation sites excluding steroid dienone is 2. The highest BCUT2D eigenvalue weighted by atomic mass is 35.5. The Labute approximate surface area is 174 Å². The van der Waals surface area contributed by atoms with Crippen molar-refractivity contribution in [2.45, 2.75) is 12.3 Å². The maximum absolute atomic E-state index is 13.7. The quantitative estimate of drug-likeness (QED) is 0.448. The Morgan fingerprint density at radius 1 is 1.03 bits per heavy atom. The standard InChI is InChI=1S/C25H20ClFO2/c1-29-24-8-3-2-7-21(24)22-14-18(16-9-11-19(26)12-10-16)15-23(22)25(28)17-5-4-6-20(27)13-17/h2-13,15,22-23H,14H2,1H3. The van der Waals surface area contributed by atoms with Gasteiger partial charge in [0.05, 0.1) is 7.11 Å². The van der Waals surface area contributed by atoms with E-state index in [4.69, 9.17) is 16.3 Å². The Balaban J connectivity index is 1.77. The summed E-state index contributed by atoms with van der Waals surface area (Å²) in [4.78, 5) is 13.3. The van der Waals surface area contributed by atoms with E-state index < -0.39 is 11.7 Å². The van der Waals surface area contributed by atoms with E-state index in [0.29, 0.717) is 17.0 Å². The lowest BCUT2D eigenvalue weighted by atomic mass is 9.83. The van der Waals surface area contributed by atoms with Crippen LogP contribution in [-0.4, -0.2) is 12.9 Å². The van der Waals surface area contributed by atoms with Crippen LogP contribution in [0.4, 0.5) is 4.39 Å². The zero-order valence-electron chi connectivity index (χ0n) is 15.9. The van der Waals surface area contributed by atoms with Crippen LogP contribution in [0.15, 0.2) is 78.9 Å². The number of carbonyl (C=O) groups is 1. The van der Waals surface area contributed by atoms with Crippen molar-refractivity contribution in [3.63, 3.8) is 0 Å². The first-order valence-electron chi connectivity index (χ1n) is 9.46. The van der Waals surface area contributed by atoms with Gasteiger partial charge in [-0.05, 0) is 53.5 Å². The predicted molar refractivity (Wildman–Crippen MR) is 114 cm³/mol. The molecule has 146 valence electrons. The minimum absolute atomic E-state index is 0.0902. The first-order chi connectivity index (χ1) is 14.1. The maximum atomic E-state index is 13.7. The van der Waals surface area contributed by atoms with Crippen LogP contribution in [-0.2, 0) is 0 Å². The van der Waals surface area contributed by atoms with E-state index in [9.17, 15) is 9.18 Å². The highest BCUT2D eigenvalue weighted by Gasteiger charge is 2.36. The monoisotopic (exact) mass is 406 g/mol. The average molecular weight is 407 g/mol. The number of hydrogen-bond donors (Lipinski definition) is 0. The average Bonchev–Trinajstić information content (AvgIpc) is 3.19. The molecule has 0 fully saturated rings. The first-order valence-corrected chi connectivity index (χ1v) is 9.84. The lowest BCUT2D eigenvalue weighted by Gasteiger charge is -2.21. The molecule has 2 atom stereocenters. The van der Waals surface area contributed by atoms with E-state index in [1.807, 2.05) is 54.6 Å². The van der Waals surface area contributed by atoms with Crippen LogP contribution in [0.2, 0.25) is 5.02 Å². The minimum Gasteiger partial charge on any atom is -0.496 e. The number of methoxy groups -OCH3 is 1. The third-order valence-electron chi connectivity index (χ3n) is 5.42. The van der Waals surface area contributed by atoms with Crippen molar-refractivity contribution in [1.29, 1.82) is 0 Å². The fourth-order valence-electron chi connectivity index (χ4n) is 4.01. The molecule has 3 aromatic carbocycles. The summed E-state index contributed by atoms with van der Waals surface area (Å²) in [6.07, 6.45) is 2.70. The Kier molecular flexibility index (Phi) is 5.50. The van der Waals surface area contributed by atoms with Crippen molar-refractivity contribution < 1.29 is 13.9 Å². The SMILES string of the molecule is COc1ccccc1C1CC(c2ccc(Cl)cc2)=CC1C(=O)c1cccc(F)c1. The van der Waals surface area contributed by atoms with E-state index in [1.54, 1.807) is 19.2 Å². The second-order valence-electron chi connectivity index (χ2n) is 7.15. The lowest BCUT2D eigenvalue weighted by Crippen LogP contribution is -2.18. The smallest absolute Gasteiger partial charge is 0.170 e. The van der Waals surface area contributed by atoms with Crippen LogP contribution in [0.3, 0.4) is 0 Å². The number of Topliss-reactive ketones (excluding diaryl/α,β-unsaturated/α-hetero) is 1. The number of rotatable bonds is 5. The van der Waals surface area contributed by atoms with Gasteiger partial charge in [-0.3, -0.25) is 4.79 Å². The van der Waals surface area contributed by atoms with Gasteiger partial charge in [0.2, 0.25) is 0 Å². The fraction of sp³-hybridized carbons (Fsp3) is 0.160. The third kappa shape index (κ3) is 3.96. The molecule has 0 heterocycles. The molecule has 0 aromatic heterocycles. The van der Waals surface area contributed by atoms with Crippen LogP contribution in [0, 0.1) is 11.7 Å². The molecule has 0 aliphatic heterocycles. The molecule has 3 aromatic rings. The van der Waals surface area contributed by atoms with Crippen molar-refractivity contribution in [2.75, 3.05) is 7.11 Å². The Morgan fingerprint density at radius 3 is 2.52 bits per heavy atom. The summed E-state index contributed by atoms with van der Waals surface area (Å²) in [7, 11) is 1.63. The summed E-state index contributed by atoms with van der Waals surface area (Å²) in [6, 6.07) is 21.2. The van der Waals surface area contributed by atoms with Gasteiger partial charge >= 0.3 is 0 Å². The number of benzene rings is 3. The second-order valence-corrected chi connectivity index (χ2v) is 7.59. The van der Waals surface area contributed by atoms with Crippen LogP contribution >= 0.6 is 11.6 Å². The van der Waals surface area contributed by atoms with Gasteiger partial charge in [-0.2, -0.15) is 0 Å². The number of para-hydroxylation sites is 1. The summed E-state index contributed by atoms with van der Waals surface area (Å²) in [6.45, 7) is 0. The fourth-order valence-corrected chi connectivity index (χ4v) is 4.14. The van der Waals surface area contributed by atoms with Gasteiger partial charge in [0.25, 0.3) is 0 Å². The molecule has 0 spiro atoms. The highest BCUT2D eigenvalue weighted by Crippen LogP contribution is 2.46. The van der Waals surface area contributed by atoms with Crippen LogP contribution < -0.4 is 4.74 Å². The minimum atomic E-state index is -0.412. The van der Waals surface area contributed by atoms with Crippen molar-refractivity contribution in [3.8, 4) is 5.75 Å². The molecular formula is C25H20ClFO2. The van der Waals surface area contributed by atoms with E-state index in [0.717, 1.165) is 22.4 Å².